The maximum absolute atomic E-state index is 13.8. The maximum Gasteiger partial charge on any atom is 0.266 e. The molecule has 144 valence electrons. The molecule has 0 aliphatic carbocycles. The first kappa shape index (κ1) is 18.6. The molecule has 3 heterocycles. The number of nitrogens with zero attached hydrogens (tertiary/aromatic N) is 5. The molecule has 28 heavy (non-hydrogen) atoms. The van der Waals surface area contributed by atoms with E-state index < -0.39 is 12.0 Å². The summed E-state index contributed by atoms with van der Waals surface area (Å²) in [6.45, 7) is 0.532. The molecule has 1 aromatic carbocycles. The van der Waals surface area contributed by atoms with Gasteiger partial charge in [-0.3, -0.25) is 4.98 Å². The van der Waals surface area contributed by atoms with Crippen LogP contribution >= 0.6 is 11.6 Å². The van der Waals surface area contributed by atoms with Gasteiger partial charge in [-0.05, 0) is 30.3 Å². The van der Waals surface area contributed by atoms with Crippen LogP contribution in [0.4, 0.5) is 14.7 Å². The summed E-state index contributed by atoms with van der Waals surface area (Å²) >= 11 is 6.10. The Morgan fingerprint density at radius 1 is 1.32 bits per heavy atom. The van der Waals surface area contributed by atoms with E-state index in [1.54, 1.807) is 29.2 Å². The lowest BCUT2D eigenvalue weighted by molar-refractivity contribution is -0.0395. The van der Waals surface area contributed by atoms with Gasteiger partial charge in [-0.1, -0.05) is 11.6 Å². The summed E-state index contributed by atoms with van der Waals surface area (Å²) in [6, 6.07) is 9.57. The third-order valence-corrected chi connectivity index (χ3v) is 5.16. The number of fused-ring (bicyclic) bond motifs is 1. The SMILES string of the molecule is N#Cc1ccc(Cn2c(N3CCC(F)(F)C(N)C3)nc3cc(Cl)ccc32)nc1. The van der Waals surface area contributed by atoms with Crippen LogP contribution in [0, 0.1) is 11.3 Å². The monoisotopic (exact) mass is 402 g/mol. The van der Waals surface area contributed by atoms with Crippen LogP contribution in [0.5, 0.6) is 0 Å². The number of aromatic nitrogens is 3. The summed E-state index contributed by atoms with van der Waals surface area (Å²) in [6.07, 6.45) is 1.18. The number of rotatable bonds is 3. The summed E-state index contributed by atoms with van der Waals surface area (Å²) < 4.78 is 29.6. The van der Waals surface area contributed by atoms with Gasteiger partial charge in [0, 0.05) is 30.7 Å². The molecule has 0 amide bonds. The minimum atomic E-state index is -2.88. The van der Waals surface area contributed by atoms with Crippen molar-refractivity contribution in [1.82, 2.24) is 14.5 Å². The first-order chi connectivity index (χ1) is 13.4. The van der Waals surface area contributed by atoms with Gasteiger partial charge < -0.3 is 15.2 Å². The van der Waals surface area contributed by atoms with Crippen LogP contribution in [-0.2, 0) is 6.54 Å². The van der Waals surface area contributed by atoms with E-state index >= 15 is 0 Å². The van der Waals surface area contributed by atoms with E-state index in [4.69, 9.17) is 22.6 Å². The Bertz CT molecular complexity index is 1060. The van der Waals surface area contributed by atoms with E-state index in [2.05, 4.69) is 9.97 Å². The second-order valence-corrected chi connectivity index (χ2v) is 7.28. The fourth-order valence-corrected chi connectivity index (χ4v) is 3.51. The van der Waals surface area contributed by atoms with Crippen molar-refractivity contribution in [1.29, 1.82) is 5.26 Å². The summed E-state index contributed by atoms with van der Waals surface area (Å²) in [7, 11) is 0. The quantitative estimate of drug-likeness (QED) is 0.727. The minimum absolute atomic E-state index is 0.00481. The van der Waals surface area contributed by atoms with Gasteiger partial charge in [0.2, 0.25) is 5.95 Å². The second kappa shape index (κ2) is 7.00. The lowest BCUT2D eigenvalue weighted by Crippen LogP contribution is -2.55. The fraction of sp³-hybridized carbons (Fsp3) is 0.316. The van der Waals surface area contributed by atoms with E-state index in [9.17, 15) is 8.78 Å². The Labute approximate surface area is 165 Å². The highest BCUT2D eigenvalue weighted by atomic mass is 35.5. The van der Waals surface area contributed by atoms with E-state index in [-0.39, 0.29) is 19.5 Å². The third kappa shape index (κ3) is 3.39. The molecule has 1 fully saturated rings. The highest BCUT2D eigenvalue weighted by Gasteiger charge is 2.42. The van der Waals surface area contributed by atoms with Crippen LogP contribution in [0.2, 0.25) is 5.02 Å². The van der Waals surface area contributed by atoms with Crippen molar-refractivity contribution in [3.63, 3.8) is 0 Å². The molecule has 0 saturated carbocycles. The van der Waals surface area contributed by atoms with E-state index in [1.165, 1.54) is 6.20 Å². The number of nitrogens with two attached hydrogens (primary N) is 1. The number of hydrogen-bond donors (Lipinski definition) is 1. The Kier molecular flexibility index (Phi) is 4.65. The highest BCUT2D eigenvalue weighted by Crippen LogP contribution is 2.32. The average Bonchev–Trinajstić information content (AvgIpc) is 3.02. The normalized spacial score (nSPS) is 19.0. The number of piperidine rings is 1. The van der Waals surface area contributed by atoms with Crippen LogP contribution in [0.25, 0.3) is 11.0 Å². The summed E-state index contributed by atoms with van der Waals surface area (Å²) in [5.41, 5.74) is 8.38. The molecule has 9 heteroatoms. The zero-order valence-electron chi connectivity index (χ0n) is 14.8. The Hall–Kier alpha value is -2.76. The molecular formula is C19H17ClF2N6. The highest BCUT2D eigenvalue weighted by molar-refractivity contribution is 6.31. The molecule has 1 atom stereocenters. The lowest BCUT2D eigenvalue weighted by atomic mass is 10.0. The molecule has 2 aromatic heterocycles. The lowest BCUT2D eigenvalue weighted by Gasteiger charge is -2.37. The van der Waals surface area contributed by atoms with Crippen molar-refractivity contribution >= 4 is 28.6 Å². The standard InChI is InChI=1S/C19H17ClF2N6/c20-13-2-4-16-15(7-13)26-18(27-6-5-19(21,22)17(24)11-27)28(16)10-14-3-1-12(8-23)9-25-14/h1-4,7,9,17H,5-6,10-11,24H2. The van der Waals surface area contributed by atoms with Crippen LogP contribution in [-0.4, -0.2) is 39.6 Å². The topological polar surface area (TPSA) is 83.8 Å². The maximum atomic E-state index is 13.8. The summed E-state index contributed by atoms with van der Waals surface area (Å²) in [5.74, 6) is -2.33. The van der Waals surface area contributed by atoms with Gasteiger partial charge in [-0.15, -0.1) is 0 Å². The van der Waals surface area contributed by atoms with Crippen molar-refractivity contribution in [2.45, 2.75) is 24.9 Å². The number of nitriles is 1. The average molecular weight is 403 g/mol. The molecule has 4 rings (SSSR count). The van der Waals surface area contributed by atoms with E-state index in [1.807, 2.05) is 16.7 Å². The fourth-order valence-electron chi connectivity index (χ4n) is 3.35. The molecule has 6 nitrogen and oxygen atoms in total. The molecule has 1 aliphatic rings. The molecule has 1 unspecified atom stereocenters. The van der Waals surface area contributed by atoms with Gasteiger partial charge in [0.05, 0.1) is 34.9 Å². The molecule has 2 N–H and O–H groups in total. The van der Waals surface area contributed by atoms with E-state index in [0.29, 0.717) is 28.6 Å². The first-order valence-electron chi connectivity index (χ1n) is 8.76. The Morgan fingerprint density at radius 2 is 2.14 bits per heavy atom. The van der Waals surface area contributed by atoms with E-state index in [0.717, 1.165) is 11.2 Å². The zero-order valence-corrected chi connectivity index (χ0v) is 15.6. The van der Waals surface area contributed by atoms with Gasteiger partial charge in [0.25, 0.3) is 5.92 Å². The number of pyridine rings is 1. The second-order valence-electron chi connectivity index (χ2n) is 6.84. The third-order valence-electron chi connectivity index (χ3n) is 4.92. The van der Waals surface area contributed by atoms with Gasteiger partial charge in [0.15, 0.2) is 0 Å². The first-order valence-corrected chi connectivity index (χ1v) is 9.14. The number of hydrogen-bond acceptors (Lipinski definition) is 5. The van der Waals surface area contributed by atoms with Crippen LogP contribution in [0.15, 0.2) is 36.5 Å². The summed E-state index contributed by atoms with van der Waals surface area (Å²) in [5, 5.41) is 9.48. The number of imidazole rings is 1. The van der Waals surface area contributed by atoms with Gasteiger partial charge in [-0.2, -0.15) is 5.26 Å². The Balaban J connectivity index is 1.75. The smallest absolute Gasteiger partial charge is 0.266 e. The van der Waals surface area contributed by atoms with Crippen LogP contribution in [0.3, 0.4) is 0 Å². The van der Waals surface area contributed by atoms with Crippen molar-refractivity contribution in [3.8, 4) is 6.07 Å². The zero-order chi connectivity index (χ0) is 19.9. The number of halogens is 3. The van der Waals surface area contributed by atoms with Crippen molar-refractivity contribution in [3.05, 3.63) is 52.8 Å². The molecule has 0 bridgehead atoms. The van der Waals surface area contributed by atoms with Gasteiger partial charge >= 0.3 is 0 Å². The molecular weight excluding hydrogens is 386 g/mol. The largest absolute Gasteiger partial charge is 0.340 e. The predicted molar refractivity (Wildman–Crippen MR) is 103 cm³/mol. The molecule has 3 aromatic rings. The predicted octanol–water partition coefficient (Wildman–Crippen LogP) is 3.18. The van der Waals surface area contributed by atoms with Crippen molar-refractivity contribution < 1.29 is 8.78 Å². The number of anilines is 1. The number of alkyl halides is 2. The molecule has 1 aliphatic heterocycles. The summed E-state index contributed by atoms with van der Waals surface area (Å²) in [4.78, 5) is 10.7. The van der Waals surface area contributed by atoms with Crippen LogP contribution < -0.4 is 10.6 Å². The van der Waals surface area contributed by atoms with Crippen molar-refractivity contribution in [2.75, 3.05) is 18.0 Å². The number of benzene rings is 1. The Morgan fingerprint density at radius 3 is 2.82 bits per heavy atom. The van der Waals surface area contributed by atoms with Gasteiger partial charge in [0.1, 0.15) is 6.07 Å². The van der Waals surface area contributed by atoms with Crippen molar-refractivity contribution in [2.24, 2.45) is 5.73 Å². The molecule has 0 spiro atoms. The molecule has 0 radical (unpaired) electrons. The minimum Gasteiger partial charge on any atom is -0.340 e. The van der Waals surface area contributed by atoms with Crippen LogP contribution in [0.1, 0.15) is 17.7 Å². The molecule has 1 saturated heterocycles. The van der Waals surface area contributed by atoms with Gasteiger partial charge in [-0.25, -0.2) is 13.8 Å².